The smallest absolute Gasteiger partial charge is 0.251 e. The Morgan fingerprint density at radius 2 is 1.72 bits per heavy atom. The number of fused-ring (bicyclic) bond motifs is 1. The molecule has 2 fully saturated rings. The molecule has 0 saturated carbocycles. The summed E-state index contributed by atoms with van der Waals surface area (Å²) >= 11 is 5.17. The molecule has 2 amide bonds. The molecule has 0 unspecified atom stereocenters. The van der Waals surface area contributed by atoms with Crippen molar-refractivity contribution in [3.05, 3.63) is 58.0 Å². The Kier molecular flexibility index (Phi) is 4.97. The molecule has 2 aliphatic heterocycles. The summed E-state index contributed by atoms with van der Waals surface area (Å²) in [5.41, 5.74) is 1.71. The Balaban J connectivity index is 1.27. The van der Waals surface area contributed by atoms with E-state index in [0.29, 0.717) is 11.6 Å². The van der Waals surface area contributed by atoms with Crippen molar-refractivity contribution in [1.82, 2.24) is 9.88 Å². The van der Waals surface area contributed by atoms with Crippen molar-refractivity contribution in [2.75, 3.05) is 18.0 Å². The van der Waals surface area contributed by atoms with Crippen LogP contribution in [0.5, 0.6) is 0 Å². The quantitative estimate of drug-likeness (QED) is 0.527. The number of amides is 2. The average molecular weight is 470 g/mol. The first kappa shape index (κ1) is 18.9. The first-order valence-electron chi connectivity index (χ1n) is 9.82. The van der Waals surface area contributed by atoms with Gasteiger partial charge in [-0.05, 0) is 62.3 Å². The SMILES string of the molecule is O=C1C[C@@H](N2CCC(c3nc4ccccc4s3)CC2)C(=O)N1c1ccc(Br)cc1. The van der Waals surface area contributed by atoms with Crippen LogP contribution in [0.2, 0.25) is 0 Å². The van der Waals surface area contributed by atoms with Crippen molar-refractivity contribution in [2.45, 2.75) is 31.2 Å². The zero-order valence-corrected chi connectivity index (χ0v) is 18.2. The molecule has 7 heteroatoms. The average Bonchev–Trinajstić information content (AvgIpc) is 3.30. The maximum atomic E-state index is 13.0. The van der Waals surface area contributed by atoms with Crippen molar-refractivity contribution < 1.29 is 9.59 Å². The summed E-state index contributed by atoms with van der Waals surface area (Å²) in [5.74, 6) is 0.213. The van der Waals surface area contributed by atoms with Gasteiger partial charge in [0.05, 0.1) is 33.4 Å². The van der Waals surface area contributed by atoms with Crippen LogP contribution in [0, 0.1) is 0 Å². The molecule has 2 saturated heterocycles. The van der Waals surface area contributed by atoms with Gasteiger partial charge in [-0.3, -0.25) is 14.5 Å². The Morgan fingerprint density at radius 1 is 1.00 bits per heavy atom. The summed E-state index contributed by atoms with van der Waals surface area (Å²) in [5, 5.41) is 1.19. The summed E-state index contributed by atoms with van der Waals surface area (Å²) < 4.78 is 2.15. The number of carbonyl (C=O) groups is 2. The minimum absolute atomic E-state index is 0.101. The first-order chi connectivity index (χ1) is 14.1. The predicted molar refractivity (Wildman–Crippen MR) is 118 cm³/mol. The van der Waals surface area contributed by atoms with E-state index < -0.39 is 0 Å². The van der Waals surface area contributed by atoms with Crippen molar-refractivity contribution in [2.24, 2.45) is 0 Å². The number of aromatic nitrogens is 1. The maximum absolute atomic E-state index is 13.0. The van der Waals surface area contributed by atoms with E-state index in [1.54, 1.807) is 11.3 Å². The summed E-state index contributed by atoms with van der Waals surface area (Å²) in [4.78, 5) is 33.9. The van der Waals surface area contributed by atoms with Crippen LogP contribution < -0.4 is 4.90 Å². The molecule has 3 heterocycles. The number of halogens is 1. The van der Waals surface area contributed by atoms with Crippen LogP contribution >= 0.6 is 27.3 Å². The molecule has 1 atom stereocenters. The van der Waals surface area contributed by atoms with E-state index in [1.165, 1.54) is 14.6 Å². The molecule has 5 rings (SSSR count). The highest BCUT2D eigenvalue weighted by Crippen LogP contribution is 2.36. The summed E-state index contributed by atoms with van der Waals surface area (Å²) in [7, 11) is 0. The molecule has 0 spiro atoms. The van der Waals surface area contributed by atoms with Crippen molar-refractivity contribution >= 4 is 55.0 Å². The third-order valence-electron chi connectivity index (χ3n) is 5.84. The number of likely N-dealkylation sites (tertiary alicyclic amines) is 1. The lowest BCUT2D eigenvalue weighted by Crippen LogP contribution is -2.45. The molecule has 0 aliphatic carbocycles. The van der Waals surface area contributed by atoms with Crippen molar-refractivity contribution in [3.8, 4) is 0 Å². The predicted octanol–water partition coefficient (Wildman–Crippen LogP) is 4.57. The van der Waals surface area contributed by atoms with E-state index in [9.17, 15) is 9.59 Å². The van der Waals surface area contributed by atoms with E-state index in [4.69, 9.17) is 4.98 Å². The van der Waals surface area contributed by atoms with Crippen molar-refractivity contribution in [3.63, 3.8) is 0 Å². The molecular formula is C22H20BrN3O2S. The van der Waals surface area contributed by atoms with E-state index in [0.717, 1.165) is 35.9 Å². The van der Waals surface area contributed by atoms with Crippen LogP contribution in [0.4, 0.5) is 5.69 Å². The number of thiazole rings is 1. The fourth-order valence-electron chi connectivity index (χ4n) is 4.29. The van der Waals surface area contributed by atoms with E-state index >= 15 is 0 Å². The summed E-state index contributed by atoms with van der Waals surface area (Å²) in [6.45, 7) is 1.64. The highest BCUT2D eigenvalue weighted by Gasteiger charge is 2.43. The lowest BCUT2D eigenvalue weighted by Gasteiger charge is -2.34. The number of nitrogens with zero attached hydrogens (tertiary/aromatic N) is 3. The molecule has 2 aromatic carbocycles. The molecule has 0 radical (unpaired) electrons. The molecule has 3 aromatic rings. The van der Waals surface area contributed by atoms with Gasteiger partial charge in [0, 0.05) is 10.4 Å². The number of imide groups is 1. The van der Waals surface area contributed by atoms with Crippen LogP contribution in [0.3, 0.4) is 0 Å². The van der Waals surface area contributed by atoms with Gasteiger partial charge in [-0.1, -0.05) is 28.1 Å². The molecule has 29 heavy (non-hydrogen) atoms. The number of rotatable bonds is 3. The van der Waals surface area contributed by atoms with Gasteiger partial charge in [0.25, 0.3) is 5.91 Å². The van der Waals surface area contributed by atoms with Gasteiger partial charge in [0.1, 0.15) is 0 Å². The van der Waals surface area contributed by atoms with Crippen LogP contribution in [-0.4, -0.2) is 40.8 Å². The van der Waals surface area contributed by atoms with Crippen molar-refractivity contribution in [1.29, 1.82) is 0 Å². The number of benzene rings is 2. The van der Waals surface area contributed by atoms with Gasteiger partial charge in [-0.15, -0.1) is 11.3 Å². The lowest BCUT2D eigenvalue weighted by atomic mass is 9.96. The normalized spacial score (nSPS) is 21.4. The number of carbonyl (C=O) groups excluding carboxylic acids is 2. The highest BCUT2D eigenvalue weighted by atomic mass is 79.9. The molecule has 5 nitrogen and oxygen atoms in total. The van der Waals surface area contributed by atoms with E-state index in [1.807, 2.05) is 36.4 Å². The Labute approximate surface area is 181 Å². The second-order valence-corrected chi connectivity index (χ2v) is 9.57. The topological polar surface area (TPSA) is 53.5 Å². The van der Waals surface area contributed by atoms with Gasteiger partial charge >= 0.3 is 0 Å². The molecule has 2 aliphatic rings. The zero-order chi connectivity index (χ0) is 20.0. The van der Waals surface area contributed by atoms with E-state index in [-0.39, 0.29) is 24.3 Å². The first-order valence-corrected chi connectivity index (χ1v) is 11.4. The Bertz CT molecular complexity index is 1040. The minimum atomic E-state index is -0.345. The fraction of sp³-hybridized carbons (Fsp3) is 0.318. The zero-order valence-electron chi connectivity index (χ0n) is 15.8. The monoisotopic (exact) mass is 469 g/mol. The molecule has 0 bridgehead atoms. The number of anilines is 1. The van der Waals surface area contributed by atoms with Crippen LogP contribution in [0.15, 0.2) is 53.0 Å². The summed E-state index contributed by atoms with van der Waals surface area (Å²) in [6, 6.07) is 15.2. The molecule has 0 N–H and O–H groups in total. The maximum Gasteiger partial charge on any atom is 0.251 e. The largest absolute Gasteiger partial charge is 0.291 e. The van der Waals surface area contributed by atoms with Gasteiger partial charge in [0.15, 0.2) is 0 Å². The molecular weight excluding hydrogens is 450 g/mol. The minimum Gasteiger partial charge on any atom is -0.291 e. The fourth-order valence-corrected chi connectivity index (χ4v) is 5.69. The standard InChI is InChI=1S/C22H20BrN3O2S/c23-15-5-7-16(8-6-15)26-20(27)13-18(22(26)28)25-11-9-14(10-12-25)21-24-17-3-1-2-4-19(17)29-21/h1-8,14,18H,9-13H2/t18-/m1/s1. The molecule has 1 aromatic heterocycles. The Hall–Kier alpha value is -2.09. The van der Waals surface area contributed by atoms with Gasteiger partial charge in [-0.2, -0.15) is 0 Å². The van der Waals surface area contributed by atoms with Crippen LogP contribution in [0.1, 0.15) is 30.2 Å². The third kappa shape index (κ3) is 3.52. The number of hydrogen-bond donors (Lipinski definition) is 0. The summed E-state index contributed by atoms with van der Waals surface area (Å²) in [6.07, 6.45) is 2.20. The highest BCUT2D eigenvalue weighted by molar-refractivity contribution is 9.10. The van der Waals surface area contributed by atoms with E-state index in [2.05, 4.69) is 33.0 Å². The molecule has 148 valence electrons. The van der Waals surface area contributed by atoms with Gasteiger partial charge in [-0.25, -0.2) is 9.88 Å². The second-order valence-electron chi connectivity index (χ2n) is 7.59. The van der Waals surface area contributed by atoms with Gasteiger partial charge in [0.2, 0.25) is 5.91 Å². The van der Waals surface area contributed by atoms with Gasteiger partial charge < -0.3 is 0 Å². The third-order valence-corrected chi connectivity index (χ3v) is 7.57. The lowest BCUT2D eigenvalue weighted by molar-refractivity contribution is -0.123. The number of piperidine rings is 1. The second kappa shape index (κ2) is 7.63. The number of para-hydroxylation sites is 1. The Morgan fingerprint density at radius 3 is 2.45 bits per heavy atom. The van der Waals surface area contributed by atoms with Crippen LogP contribution in [0.25, 0.3) is 10.2 Å². The van der Waals surface area contributed by atoms with Crippen LogP contribution in [-0.2, 0) is 9.59 Å². The number of hydrogen-bond acceptors (Lipinski definition) is 5.